The average molecular weight is 404 g/mol. The molecule has 1 saturated heterocycles. The Morgan fingerprint density at radius 2 is 1.89 bits per heavy atom. The van der Waals surface area contributed by atoms with Gasteiger partial charge >= 0.3 is 0 Å². The highest BCUT2D eigenvalue weighted by molar-refractivity contribution is 7.71. The second kappa shape index (κ2) is 8.10. The summed E-state index contributed by atoms with van der Waals surface area (Å²) in [6, 6.07) is 6.70. The molecule has 1 aliphatic carbocycles. The Morgan fingerprint density at radius 1 is 1.18 bits per heavy atom. The Bertz CT molecular complexity index is 909. The molecule has 9 heteroatoms. The van der Waals surface area contributed by atoms with Gasteiger partial charge in [0.05, 0.1) is 5.69 Å². The summed E-state index contributed by atoms with van der Waals surface area (Å²) in [5, 5.41) is 11.7. The van der Waals surface area contributed by atoms with Crippen molar-refractivity contribution < 1.29 is 14.6 Å². The van der Waals surface area contributed by atoms with E-state index in [-0.39, 0.29) is 5.91 Å². The van der Waals surface area contributed by atoms with E-state index in [2.05, 4.69) is 47.8 Å². The number of tetrazole rings is 1. The Kier molecular flexibility index (Phi) is 5.56. The number of nitrogens with one attached hydrogen (secondary N) is 3. The van der Waals surface area contributed by atoms with Crippen LogP contribution in [0.2, 0.25) is 0 Å². The van der Waals surface area contributed by atoms with E-state index in [1.54, 1.807) is 4.68 Å². The molecule has 1 aromatic carbocycles. The standard InChI is InChI=1S/C19H27N7OS/c1-14-3-4-15(2)17(11-14)26-19(28)25(21-22-26)13-24-9-7-23(8-10-24)12-18(27)20-16-5-6-16/h3-4,11,16H,5-10,12-13H2,1-2H3,(H,20,27)/p+2. The van der Waals surface area contributed by atoms with Gasteiger partial charge in [-0.25, -0.2) is 0 Å². The number of hydrogen-bond donors (Lipinski definition) is 3. The van der Waals surface area contributed by atoms with E-state index >= 15 is 0 Å². The van der Waals surface area contributed by atoms with Gasteiger partial charge in [0.1, 0.15) is 26.2 Å². The van der Waals surface area contributed by atoms with Gasteiger partial charge in [-0.2, -0.15) is 9.36 Å². The Labute approximate surface area is 170 Å². The van der Waals surface area contributed by atoms with Gasteiger partial charge in [-0.1, -0.05) is 12.1 Å². The minimum absolute atomic E-state index is 0.194. The van der Waals surface area contributed by atoms with Crippen LogP contribution in [-0.4, -0.2) is 64.5 Å². The van der Waals surface area contributed by atoms with Gasteiger partial charge in [-0.05, 0) is 66.5 Å². The molecular formula is C19H29N7OS+2. The van der Waals surface area contributed by atoms with Crippen molar-refractivity contribution in [1.29, 1.82) is 0 Å². The van der Waals surface area contributed by atoms with Crippen molar-refractivity contribution in [3.8, 4) is 5.69 Å². The highest BCUT2D eigenvalue weighted by atomic mass is 32.1. The van der Waals surface area contributed by atoms with Crippen molar-refractivity contribution in [1.82, 2.24) is 25.1 Å². The van der Waals surface area contributed by atoms with E-state index < -0.39 is 0 Å². The van der Waals surface area contributed by atoms with Crippen molar-refractivity contribution in [2.45, 2.75) is 39.4 Å². The maximum absolute atomic E-state index is 12.0. The fourth-order valence-corrected chi connectivity index (χ4v) is 3.95. The summed E-state index contributed by atoms with van der Waals surface area (Å²) in [5.74, 6) is 0.194. The third-order valence-corrected chi connectivity index (χ3v) is 6.01. The van der Waals surface area contributed by atoms with Crippen LogP contribution in [0, 0.1) is 18.6 Å². The zero-order valence-corrected chi connectivity index (χ0v) is 17.4. The summed E-state index contributed by atoms with van der Waals surface area (Å²) in [7, 11) is 0. The largest absolute Gasteiger partial charge is 0.348 e. The summed E-state index contributed by atoms with van der Waals surface area (Å²) >= 11 is 5.63. The van der Waals surface area contributed by atoms with Crippen LogP contribution in [0.25, 0.3) is 5.69 Å². The first-order valence-corrected chi connectivity index (χ1v) is 10.5. The van der Waals surface area contributed by atoms with E-state index in [0.717, 1.165) is 50.3 Å². The maximum Gasteiger partial charge on any atom is 0.275 e. The Balaban J connectivity index is 1.34. The third-order valence-electron chi connectivity index (χ3n) is 5.62. The number of amides is 1. The topological polar surface area (TPSA) is 73.6 Å². The van der Waals surface area contributed by atoms with Gasteiger partial charge in [-0.15, -0.1) is 0 Å². The molecule has 0 bridgehead atoms. The predicted octanol–water partition coefficient (Wildman–Crippen LogP) is -1.57. The summed E-state index contributed by atoms with van der Waals surface area (Å²) in [6.07, 6.45) is 2.28. The number of hydrogen-bond acceptors (Lipinski definition) is 4. The number of nitrogens with zero attached hydrogens (tertiary/aromatic N) is 4. The number of piperazine rings is 1. The molecule has 1 aromatic heterocycles. The SMILES string of the molecule is Cc1ccc(C)c(-n2nnn(C[NH+]3CC[NH+](CC(=O)NC4CC4)CC3)c2=S)c1. The molecule has 28 heavy (non-hydrogen) atoms. The van der Waals surface area contributed by atoms with E-state index in [4.69, 9.17) is 12.2 Å². The molecule has 0 radical (unpaired) electrons. The molecule has 4 rings (SSSR count). The molecule has 1 saturated carbocycles. The lowest BCUT2D eigenvalue weighted by molar-refractivity contribution is -1.02. The number of rotatable bonds is 6. The summed E-state index contributed by atoms with van der Waals surface area (Å²) in [6.45, 7) is 9.42. The van der Waals surface area contributed by atoms with Crippen molar-refractivity contribution in [2.24, 2.45) is 0 Å². The van der Waals surface area contributed by atoms with Crippen molar-refractivity contribution >= 4 is 18.1 Å². The molecule has 0 atom stereocenters. The lowest BCUT2D eigenvalue weighted by Gasteiger charge is -2.28. The van der Waals surface area contributed by atoms with Crippen molar-refractivity contribution in [3.63, 3.8) is 0 Å². The number of aryl methyl sites for hydroxylation is 2. The van der Waals surface area contributed by atoms with Crippen LogP contribution in [0.4, 0.5) is 0 Å². The summed E-state index contributed by atoms with van der Waals surface area (Å²) in [4.78, 5) is 14.8. The fourth-order valence-electron chi connectivity index (χ4n) is 3.71. The molecule has 2 aromatic rings. The number of carbonyl (C=O) groups excluding carboxylic acids is 1. The average Bonchev–Trinajstić information content (AvgIpc) is 3.41. The van der Waals surface area contributed by atoms with Crippen LogP contribution in [0.1, 0.15) is 24.0 Å². The van der Waals surface area contributed by atoms with E-state index in [9.17, 15) is 4.79 Å². The van der Waals surface area contributed by atoms with Gasteiger partial charge in [-0.3, -0.25) is 4.79 Å². The zero-order chi connectivity index (χ0) is 19.7. The highest BCUT2D eigenvalue weighted by Gasteiger charge is 2.28. The Morgan fingerprint density at radius 3 is 2.61 bits per heavy atom. The first-order chi connectivity index (χ1) is 13.5. The first-order valence-electron chi connectivity index (χ1n) is 10.1. The normalized spacial score (nSPS) is 22.2. The zero-order valence-electron chi connectivity index (χ0n) is 16.6. The number of aromatic nitrogens is 4. The number of benzene rings is 1. The van der Waals surface area contributed by atoms with Gasteiger partial charge in [0, 0.05) is 6.04 Å². The van der Waals surface area contributed by atoms with Crippen LogP contribution in [0.3, 0.4) is 0 Å². The molecule has 3 N–H and O–H groups in total. The number of quaternary nitrogens is 2. The quantitative estimate of drug-likeness (QED) is 0.510. The lowest BCUT2D eigenvalue weighted by atomic mass is 10.1. The molecule has 2 aliphatic rings. The third kappa shape index (κ3) is 4.48. The lowest BCUT2D eigenvalue weighted by Crippen LogP contribution is -3.28. The highest BCUT2D eigenvalue weighted by Crippen LogP contribution is 2.18. The van der Waals surface area contributed by atoms with E-state index in [1.807, 2.05) is 4.68 Å². The van der Waals surface area contributed by atoms with Crippen molar-refractivity contribution in [2.75, 3.05) is 32.7 Å². The molecule has 0 spiro atoms. The minimum Gasteiger partial charge on any atom is -0.348 e. The molecule has 2 heterocycles. The number of carbonyl (C=O) groups is 1. The first kappa shape index (κ1) is 19.2. The summed E-state index contributed by atoms with van der Waals surface area (Å²) < 4.78 is 4.19. The molecule has 1 aliphatic heterocycles. The molecule has 150 valence electrons. The summed E-state index contributed by atoms with van der Waals surface area (Å²) in [5.41, 5.74) is 3.29. The van der Waals surface area contributed by atoms with Gasteiger partial charge in [0.25, 0.3) is 5.91 Å². The van der Waals surface area contributed by atoms with Gasteiger partial charge in [0.15, 0.2) is 13.2 Å². The smallest absolute Gasteiger partial charge is 0.275 e. The van der Waals surface area contributed by atoms with Crippen LogP contribution < -0.4 is 15.1 Å². The molecule has 1 amide bonds. The molecule has 0 unspecified atom stereocenters. The van der Waals surface area contributed by atoms with Crippen LogP contribution in [-0.2, 0) is 11.5 Å². The van der Waals surface area contributed by atoms with E-state index in [0.29, 0.717) is 24.0 Å². The fraction of sp³-hybridized carbons (Fsp3) is 0.579. The van der Waals surface area contributed by atoms with Gasteiger partial charge in [0.2, 0.25) is 4.77 Å². The van der Waals surface area contributed by atoms with Crippen LogP contribution >= 0.6 is 12.2 Å². The van der Waals surface area contributed by atoms with E-state index in [1.165, 1.54) is 15.4 Å². The maximum atomic E-state index is 12.0. The Hall–Kier alpha value is -2.10. The molecular weight excluding hydrogens is 374 g/mol. The van der Waals surface area contributed by atoms with Crippen LogP contribution in [0.15, 0.2) is 18.2 Å². The molecule has 8 nitrogen and oxygen atoms in total. The second-order valence-electron chi connectivity index (χ2n) is 8.14. The van der Waals surface area contributed by atoms with Gasteiger partial charge < -0.3 is 15.1 Å². The minimum atomic E-state index is 0.194. The monoisotopic (exact) mass is 403 g/mol. The predicted molar refractivity (Wildman–Crippen MR) is 107 cm³/mol. The van der Waals surface area contributed by atoms with Crippen molar-refractivity contribution in [3.05, 3.63) is 34.1 Å². The second-order valence-corrected chi connectivity index (χ2v) is 8.50. The van der Waals surface area contributed by atoms with Crippen LogP contribution in [0.5, 0.6) is 0 Å². The molecule has 2 fully saturated rings.